The number of hydrogen-bond donors (Lipinski definition) is 2. The van der Waals surface area contributed by atoms with Gasteiger partial charge in [0.15, 0.2) is 0 Å². The van der Waals surface area contributed by atoms with Crippen molar-refractivity contribution in [1.82, 2.24) is 0 Å². The second kappa shape index (κ2) is 6.29. The maximum Gasteiger partial charge on any atom is 0.319 e. The molecule has 1 fully saturated rings. The number of carboxylic acid groups (broad SMARTS) is 1. The molecule has 25 heavy (non-hydrogen) atoms. The monoisotopic (exact) mass is 336 g/mol. The van der Waals surface area contributed by atoms with Crippen molar-refractivity contribution in [3.8, 4) is 17.6 Å². The van der Waals surface area contributed by atoms with Crippen LogP contribution in [0.2, 0.25) is 0 Å². The highest BCUT2D eigenvalue weighted by atomic mass is 16.5. The Morgan fingerprint density at radius 2 is 1.88 bits per heavy atom. The molecule has 0 aromatic heterocycles. The number of ether oxygens (including phenoxy) is 1. The molecule has 0 heterocycles. The van der Waals surface area contributed by atoms with Crippen LogP contribution < -0.4 is 10.1 Å². The van der Waals surface area contributed by atoms with Gasteiger partial charge in [0, 0.05) is 11.8 Å². The molecular formula is C19H16N2O4. The fraction of sp³-hybridized carbons (Fsp3) is 0.211. The van der Waals surface area contributed by atoms with Crippen LogP contribution >= 0.6 is 0 Å². The Bertz CT molecular complexity index is 877. The number of anilines is 1. The number of benzene rings is 2. The lowest BCUT2D eigenvalue weighted by molar-refractivity contribution is -0.147. The van der Waals surface area contributed by atoms with Crippen molar-refractivity contribution in [2.45, 2.75) is 19.8 Å². The van der Waals surface area contributed by atoms with Crippen molar-refractivity contribution in [3.05, 3.63) is 53.6 Å². The van der Waals surface area contributed by atoms with E-state index in [0.717, 1.165) is 5.56 Å². The van der Waals surface area contributed by atoms with Gasteiger partial charge in [0.1, 0.15) is 16.9 Å². The molecule has 126 valence electrons. The zero-order valence-electron chi connectivity index (χ0n) is 13.6. The summed E-state index contributed by atoms with van der Waals surface area (Å²) in [7, 11) is 0. The SMILES string of the molecule is Cc1ccc(NC(=O)C2(C(=O)O)CC2)cc1Oc1ccc(C#N)cc1. The van der Waals surface area contributed by atoms with Crippen LogP contribution in [0.4, 0.5) is 5.69 Å². The topological polar surface area (TPSA) is 99.4 Å². The fourth-order valence-corrected chi connectivity index (χ4v) is 2.43. The van der Waals surface area contributed by atoms with Gasteiger partial charge in [0.05, 0.1) is 11.6 Å². The lowest BCUT2D eigenvalue weighted by Crippen LogP contribution is -2.31. The molecule has 1 aliphatic carbocycles. The van der Waals surface area contributed by atoms with Crippen LogP contribution in [0.15, 0.2) is 42.5 Å². The summed E-state index contributed by atoms with van der Waals surface area (Å²) in [5, 5.41) is 20.7. The van der Waals surface area contributed by atoms with Crippen molar-refractivity contribution in [1.29, 1.82) is 5.26 Å². The first-order chi connectivity index (χ1) is 11.9. The van der Waals surface area contributed by atoms with Crippen molar-refractivity contribution in [3.63, 3.8) is 0 Å². The molecule has 6 nitrogen and oxygen atoms in total. The number of nitrogens with zero attached hydrogens (tertiary/aromatic N) is 1. The first-order valence-electron chi connectivity index (χ1n) is 7.78. The maximum absolute atomic E-state index is 12.2. The molecule has 0 aliphatic heterocycles. The second-order valence-corrected chi connectivity index (χ2v) is 6.06. The number of amides is 1. The second-order valence-electron chi connectivity index (χ2n) is 6.06. The van der Waals surface area contributed by atoms with Gasteiger partial charge in [-0.25, -0.2) is 0 Å². The molecule has 0 unspecified atom stereocenters. The highest BCUT2D eigenvalue weighted by Gasteiger charge is 2.57. The summed E-state index contributed by atoms with van der Waals surface area (Å²) in [5.74, 6) is -0.489. The average Bonchev–Trinajstić information content (AvgIpc) is 3.40. The predicted molar refractivity (Wildman–Crippen MR) is 90.3 cm³/mol. The minimum atomic E-state index is -1.29. The van der Waals surface area contributed by atoms with Crippen LogP contribution in [0.1, 0.15) is 24.0 Å². The third-order valence-corrected chi connectivity index (χ3v) is 4.25. The van der Waals surface area contributed by atoms with Crippen LogP contribution in [0.3, 0.4) is 0 Å². The molecule has 6 heteroatoms. The zero-order valence-corrected chi connectivity index (χ0v) is 13.6. The molecule has 0 spiro atoms. The van der Waals surface area contributed by atoms with Crippen LogP contribution in [-0.2, 0) is 9.59 Å². The predicted octanol–water partition coefficient (Wildman–Crippen LogP) is 3.46. The quantitative estimate of drug-likeness (QED) is 0.815. The summed E-state index contributed by atoms with van der Waals surface area (Å²) in [5.41, 5.74) is 0.584. The van der Waals surface area contributed by atoms with Gasteiger partial charge in [-0.15, -0.1) is 0 Å². The van der Waals surface area contributed by atoms with Crippen molar-refractivity contribution >= 4 is 17.6 Å². The summed E-state index contributed by atoms with van der Waals surface area (Å²) < 4.78 is 5.80. The molecule has 0 saturated heterocycles. The summed E-state index contributed by atoms with van der Waals surface area (Å²) in [4.78, 5) is 23.4. The van der Waals surface area contributed by atoms with E-state index in [0.29, 0.717) is 35.6 Å². The van der Waals surface area contributed by atoms with Crippen molar-refractivity contribution in [2.75, 3.05) is 5.32 Å². The largest absolute Gasteiger partial charge is 0.480 e. The van der Waals surface area contributed by atoms with E-state index in [4.69, 9.17) is 10.00 Å². The molecule has 3 rings (SSSR count). The highest BCUT2D eigenvalue weighted by Crippen LogP contribution is 2.46. The Hall–Kier alpha value is -3.33. The van der Waals surface area contributed by atoms with Gasteiger partial charge in [-0.3, -0.25) is 9.59 Å². The fourth-order valence-electron chi connectivity index (χ4n) is 2.43. The van der Waals surface area contributed by atoms with Gasteiger partial charge in [0.25, 0.3) is 0 Å². The van der Waals surface area contributed by atoms with Gasteiger partial charge in [-0.05, 0) is 55.7 Å². The standard InChI is InChI=1S/C19H16N2O4/c1-12-2-5-14(21-17(22)19(8-9-19)18(23)24)10-16(12)25-15-6-3-13(11-20)4-7-15/h2-7,10H,8-9H2,1H3,(H,21,22)(H,23,24). The maximum atomic E-state index is 12.2. The van der Waals surface area contributed by atoms with E-state index < -0.39 is 17.3 Å². The van der Waals surface area contributed by atoms with E-state index in [-0.39, 0.29) is 0 Å². The summed E-state index contributed by atoms with van der Waals surface area (Å²) >= 11 is 0. The average molecular weight is 336 g/mol. The van der Waals surface area contributed by atoms with E-state index in [1.807, 2.05) is 13.0 Å². The highest BCUT2D eigenvalue weighted by molar-refractivity contribution is 6.10. The number of rotatable bonds is 5. The Morgan fingerprint density at radius 1 is 1.20 bits per heavy atom. The Morgan fingerprint density at radius 3 is 2.44 bits per heavy atom. The molecule has 0 atom stereocenters. The molecule has 2 aromatic carbocycles. The van der Waals surface area contributed by atoms with Gasteiger partial charge >= 0.3 is 5.97 Å². The number of aryl methyl sites for hydroxylation is 1. The Kier molecular flexibility index (Phi) is 4.15. The Labute approximate surface area is 144 Å². The minimum absolute atomic E-state index is 0.356. The first kappa shape index (κ1) is 16.5. The van der Waals surface area contributed by atoms with E-state index in [1.54, 1.807) is 42.5 Å². The zero-order chi connectivity index (χ0) is 18.0. The molecule has 1 aliphatic rings. The number of nitriles is 1. The third kappa shape index (κ3) is 3.31. The Balaban J connectivity index is 1.77. The molecule has 2 N–H and O–H groups in total. The van der Waals surface area contributed by atoms with Gasteiger partial charge in [-0.2, -0.15) is 5.26 Å². The smallest absolute Gasteiger partial charge is 0.319 e. The van der Waals surface area contributed by atoms with Crippen LogP contribution in [0, 0.1) is 23.7 Å². The number of hydrogen-bond acceptors (Lipinski definition) is 4. The summed E-state index contributed by atoms with van der Waals surface area (Å²) in [6.07, 6.45) is 0.712. The van der Waals surface area contributed by atoms with Gasteiger partial charge < -0.3 is 15.2 Å². The molecule has 1 saturated carbocycles. The molecular weight excluding hydrogens is 320 g/mol. The summed E-state index contributed by atoms with van der Waals surface area (Å²) in [6, 6.07) is 13.9. The van der Waals surface area contributed by atoms with Crippen molar-refractivity contribution < 1.29 is 19.4 Å². The number of carbonyl (C=O) groups is 2. The molecule has 0 radical (unpaired) electrons. The normalized spacial score (nSPS) is 14.2. The molecule has 1 amide bonds. The van der Waals surface area contributed by atoms with Crippen molar-refractivity contribution in [2.24, 2.45) is 5.41 Å². The van der Waals surface area contributed by atoms with E-state index in [1.165, 1.54) is 0 Å². The lowest BCUT2D eigenvalue weighted by Gasteiger charge is -2.14. The number of nitrogens with one attached hydrogen (secondary N) is 1. The van der Waals surface area contributed by atoms with Gasteiger partial charge in [0.2, 0.25) is 5.91 Å². The number of carbonyl (C=O) groups excluding carboxylic acids is 1. The van der Waals surface area contributed by atoms with Crippen LogP contribution in [0.25, 0.3) is 0 Å². The van der Waals surface area contributed by atoms with E-state index in [2.05, 4.69) is 5.32 Å². The molecule has 0 bridgehead atoms. The summed E-state index contributed by atoms with van der Waals surface area (Å²) in [6.45, 7) is 1.87. The van der Waals surface area contributed by atoms with E-state index >= 15 is 0 Å². The van der Waals surface area contributed by atoms with Crippen LogP contribution in [0.5, 0.6) is 11.5 Å². The minimum Gasteiger partial charge on any atom is -0.480 e. The number of carboxylic acids is 1. The third-order valence-electron chi connectivity index (χ3n) is 4.25. The molecule has 2 aromatic rings. The van der Waals surface area contributed by atoms with Gasteiger partial charge in [-0.1, -0.05) is 6.07 Å². The number of aliphatic carboxylic acids is 1. The lowest BCUT2D eigenvalue weighted by atomic mass is 10.1. The van der Waals surface area contributed by atoms with E-state index in [9.17, 15) is 14.7 Å². The van der Waals surface area contributed by atoms with Crippen LogP contribution in [-0.4, -0.2) is 17.0 Å². The first-order valence-corrected chi connectivity index (χ1v) is 7.78.